The number of anilines is 1. The molecule has 2 amide bonds. The van der Waals surface area contributed by atoms with Crippen LogP contribution >= 0.6 is 15.9 Å². The molecule has 0 unspecified atom stereocenters. The number of rotatable bonds is 8. The second kappa shape index (κ2) is 10.9. The normalized spacial score (nSPS) is 10.9. The molecule has 0 fully saturated rings. The summed E-state index contributed by atoms with van der Waals surface area (Å²) in [6.07, 6.45) is 0. The van der Waals surface area contributed by atoms with Crippen LogP contribution < -0.4 is 15.4 Å². The molecule has 0 heterocycles. The first-order valence-electron chi connectivity index (χ1n) is 9.76. The minimum absolute atomic E-state index is 0.0266. The van der Waals surface area contributed by atoms with Gasteiger partial charge in [-0.3, -0.25) is 9.59 Å². The molecule has 0 saturated carbocycles. The highest BCUT2D eigenvalue weighted by molar-refractivity contribution is 9.10. The summed E-state index contributed by atoms with van der Waals surface area (Å²) in [6.45, 7) is 7.15. The molecule has 7 nitrogen and oxygen atoms in total. The molecular formula is C23H27BrN2O5. The Morgan fingerprint density at radius 1 is 0.968 bits per heavy atom. The lowest BCUT2D eigenvalue weighted by Gasteiger charge is -2.19. The van der Waals surface area contributed by atoms with Crippen LogP contribution in [0.1, 0.15) is 31.9 Å². The zero-order chi connectivity index (χ0) is 23.0. The molecule has 0 bridgehead atoms. The summed E-state index contributed by atoms with van der Waals surface area (Å²) in [5.41, 5.74) is 2.72. The van der Waals surface area contributed by atoms with Crippen LogP contribution in [0.4, 0.5) is 5.69 Å². The molecular weight excluding hydrogens is 464 g/mol. The first kappa shape index (κ1) is 24.4. The van der Waals surface area contributed by atoms with E-state index in [1.807, 2.05) is 31.2 Å². The average molecular weight is 491 g/mol. The van der Waals surface area contributed by atoms with Crippen molar-refractivity contribution in [1.29, 1.82) is 0 Å². The van der Waals surface area contributed by atoms with Crippen LogP contribution in [-0.2, 0) is 24.5 Å². The highest BCUT2D eigenvalue weighted by atomic mass is 79.9. The maximum atomic E-state index is 12.0. The predicted molar refractivity (Wildman–Crippen MR) is 122 cm³/mol. The highest BCUT2D eigenvalue weighted by Crippen LogP contribution is 2.24. The number of amides is 2. The molecule has 0 radical (unpaired) electrons. The number of carbonyl (C=O) groups is 3. The van der Waals surface area contributed by atoms with Crippen molar-refractivity contribution in [1.82, 2.24) is 5.32 Å². The van der Waals surface area contributed by atoms with Crippen LogP contribution in [0.2, 0.25) is 0 Å². The summed E-state index contributed by atoms with van der Waals surface area (Å²) in [5.74, 6) is -1.10. The molecule has 2 aromatic carbocycles. The Morgan fingerprint density at radius 2 is 1.65 bits per heavy atom. The number of benzene rings is 2. The van der Waals surface area contributed by atoms with E-state index in [1.54, 1.807) is 18.2 Å². The van der Waals surface area contributed by atoms with Crippen molar-refractivity contribution in [2.75, 3.05) is 25.1 Å². The van der Waals surface area contributed by atoms with Crippen LogP contribution in [0.15, 0.2) is 46.9 Å². The molecule has 0 saturated heterocycles. The Morgan fingerprint density at radius 3 is 2.26 bits per heavy atom. The number of nitrogens with one attached hydrogen (secondary N) is 2. The van der Waals surface area contributed by atoms with Gasteiger partial charge in [0.05, 0.1) is 6.54 Å². The van der Waals surface area contributed by atoms with E-state index in [0.29, 0.717) is 11.4 Å². The fraction of sp³-hybridized carbons (Fsp3) is 0.348. The minimum atomic E-state index is -0.676. The number of carbonyl (C=O) groups excluding carboxylic acids is 3. The molecule has 0 aliphatic heterocycles. The van der Waals surface area contributed by atoms with E-state index in [2.05, 4.69) is 47.3 Å². The summed E-state index contributed by atoms with van der Waals surface area (Å²) in [7, 11) is 0. The average Bonchev–Trinajstić information content (AvgIpc) is 2.71. The van der Waals surface area contributed by atoms with E-state index in [0.717, 1.165) is 15.6 Å². The lowest BCUT2D eigenvalue weighted by molar-refractivity contribution is -0.150. The van der Waals surface area contributed by atoms with Crippen molar-refractivity contribution in [3.63, 3.8) is 0 Å². The van der Waals surface area contributed by atoms with Gasteiger partial charge in [-0.1, -0.05) is 48.8 Å². The van der Waals surface area contributed by atoms with E-state index < -0.39 is 18.5 Å². The Labute approximate surface area is 190 Å². The third-order valence-electron chi connectivity index (χ3n) is 4.35. The molecule has 2 rings (SSSR count). The summed E-state index contributed by atoms with van der Waals surface area (Å²) < 4.78 is 11.2. The molecule has 166 valence electrons. The fourth-order valence-electron chi connectivity index (χ4n) is 2.57. The van der Waals surface area contributed by atoms with E-state index in [4.69, 9.17) is 9.47 Å². The topological polar surface area (TPSA) is 93.7 Å². The van der Waals surface area contributed by atoms with Gasteiger partial charge < -0.3 is 20.1 Å². The van der Waals surface area contributed by atoms with Crippen molar-refractivity contribution in [2.24, 2.45) is 0 Å². The van der Waals surface area contributed by atoms with Crippen molar-refractivity contribution in [2.45, 2.75) is 33.1 Å². The monoisotopic (exact) mass is 490 g/mol. The van der Waals surface area contributed by atoms with Gasteiger partial charge >= 0.3 is 5.97 Å². The van der Waals surface area contributed by atoms with Crippen LogP contribution in [-0.4, -0.2) is 37.5 Å². The van der Waals surface area contributed by atoms with E-state index in [-0.39, 0.29) is 24.5 Å². The number of aryl methyl sites for hydroxylation is 1. The van der Waals surface area contributed by atoms with Gasteiger partial charge in [0.1, 0.15) is 5.75 Å². The minimum Gasteiger partial charge on any atom is -0.482 e. The van der Waals surface area contributed by atoms with Crippen LogP contribution in [0, 0.1) is 6.92 Å². The van der Waals surface area contributed by atoms with Crippen molar-refractivity contribution >= 4 is 39.4 Å². The standard InChI is InChI=1S/C23H27BrN2O5/c1-15-11-17(24)7-10-19(15)26-20(27)12-25-21(28)13-31-22(29)14-30-18-8-5-16(6-9-18)23(2,3)4/h5-11H,12-14H2,1-4H3,(H,25,28)(H,26,27). The second-order valence-corrected chi connectivity index (χ2v) is 8.92. The van der Waals surface area contributed by atoms with Gasteiger partial charge in [0, 0.05) is 10.2 Å². The Balaban J connectivity index is 1.67. The van der Waals surface area contributed by atoms with Crippen molar-refractivity contribution in [3.8, 4) is 5.75 Å². The van der Waals surface area contributed by atoms with Crippen LogP contribution in [0.3, 0.4) is 0 Å². The van der Waals surface area contributed by atoms with E-state index in [1.165, 1.54) is 0 Å². The second-order valence-electron chi connectivity index (χ2n) is 8.01. The van der Waals surface area contributed by atoms with Gasteiger partial charge in [0.25, 0.3) is 5.91 Å². The van der Waals surface area contributed by atoms with Gasteiger partial charge in [-0.05, 0) is 53.8 Å². The highest BCUT2D eigenvalue weighted by Gasteiger charge is 2.14. The van der Waals surface area contributed by atoms with Crippen LogP contribution in [0.25, 0.3) is 0 Å². The predicted octanol–water partition coefficient (Wildman–Crippen LogP) is 3.73. The molecule has 0 atom stereocenters. The smallest absolute Gasteiger partial charge is 0.344 e. The van der Waals surface area contributed by atoms with E-state index in [9.17, 15) is 14.4 Å². The molecule has 8 heteroatoms. The van der Waals surface area contributed by atoms with E-state index >= 15 is 0 Å². The SMILES string of the molecule is Cc1cc(Br)ccc1NC(=O)CNC(=O)COC(=O)COc1ccc(C(C)(C)C)cc1. The number of ether oxygens (including phenoxy) is 2. The maximum Gasteiger partial charge on any atom is 0.344 e. The fourth-order valence-corrected chi connectivity index (χ4v) is 3.05. The lowest BCUT2D eigenvalue weighted by atomic mass is 9.87. The van der Waals surface area contributed by atoms with Gasteiger partial charge in [-0.2, -0.15) is 0 Å². The quantitative estimate of drug-likeness (QED) is 0.549. The van der Waals surface area contributed by atoms with Gasteiger partial charge in [0.2, 0.25) is 5.91 Å². The van der Waals surface area contributed by atoms with Crippen LogP contribution in [0.5, 0.6) is 5.75 Å². The van der Waals surface area contributed by atoms with Gasteiger partial charge in [0.15, 0.2) is 13.2 Å². The molecule has 0 spiro atoms. The maximum absolute atomic E-state index is 12.0. The molecule has 2 N–H and O–H groups in total. The zero-order valence-corrected chi connectivity index (χ0v) is 19.7. The number of halogens is 1. The first-order chi connectivity index (χ1) is 14.5. The number of hydrogen-bond acceptors (Lipinski definition) is 5. The third-order valence-corrected chi connectivity index (χ3v) is 4.84. The lowest BCUT2D eigenvalue weighted by Crippen LogP contribution is -2.36. The summed E-state index contributed by atoms with van der Waals surface area (Å²) >= 11 is 3.36. The number of esters is 1. The van der Waals surface area contributed by atoms with Gasteiger partial charge in [-0.15, -0.1) is 0 Å². The molecule has 0 aliphatic carbocycles. The Bertz CT molecular complexity index is 936. The Kier molecular flexibility index (Phi) is 8.62. The summed E-state index contributed by atoms with van der Waals surface area (Å²) in [4.78, 5) is 35.6. The summed E-state index contributed by atoms with van der Waals surface area (Å²) in [6, 6.07) is 12.9. The van der Waals surface area contributed by atoms with Crippen molar-refractivity contribution < 1.29 is 23.9 Å². The third kappa shape index (κ3) is 8.41. The molecule has 2 aromatic rings. The molecule has 0 aliphatic rings. The zero-order valence-electron chi connectivity index (χ0n) is 18.1. The molecule has 31 heavy (non-hydrogen) atoms. The largest absolute Gasteiger partial charge is 0.482 e. The number of hydrogen-bond donors (Lipinski definition) is 2. The Hall–Kier alpha value is -2.87. The summed E-state index contributed by atoms with van der Waals surface area (Å²) in [5, 5.41) is 5.11. The van der Waals surface area contributed by atoms with Crippen molar-refractivity contribution in [3.05, 3.63) is 58.1 Å². The molecule has 0 aromatic heterocycles. The first-order valence-corrected chi connectivity index (χ1v) is 10.6. The van der Waals surface area contributed by atoms with Gasteiger partial charge in [-0.25, -0.2) is 4.79 Å².